The predicted molar refractivity (Wildman–Crippen MR) is 84.2 cm³/mol. The number of hydrogen-bond acceptors (Lipinski definition) is 2. The standard InChI is InChI=1S/C18H19NO/c1-13-7-9-16(10-8-13)17(20)11-12-19-18-14(2)5-4-6-15(18)3/h4-12,19H,1-3H3/b12-11+. The first-order chi connectivity index (χ1) is 9.58. The van der Waals surface area contributed by atoms with Gasteiger partial charge in [-0.05, 0) is 31.9 Å². The third-order valence-corrected chi connectivity index (χ3v) is 3.28. The minimum absolute atomic E-state index is 0.00346. The number of nitrogens with one attached hydrogen (secondary N) is 1. The second kappa shape index (κ2) is 6.20. The van der Waals surface area contributed by atoms with Crippen LogP contribution in [0, 0.1) is 20.8 Å². The molecular weight excluding hydrogens is 246 g/mol. The Hall–Kier alpha value is -2.35. The third-order valence-electron chi connectivity index (χ3n) is 3.28. The minimum atomic E-state index is 0.00346. The summed E-state index contributed by atoms with van der Waals surface area (Å²) in [6.45, 7) is 6.10. The van der Waals surface area contributed by atoms with Crippen LogP contribution in [0.25, 0.3) is 0 Å². The van der Waals surface area contributed by atoms with Crippen LogP contribution in [0.3, 0.4) is 0 Å². The number of carbonyl (C=O) groups excluding carboxylic acids is 1. The first-order valence-corrected chi connectivity index (χ1v) is 6.68. The van der Waals surface area contributed by atoms with Crippen LogP contribution in [0.15, 0.2) is 54.7 Å². The summed E-state index contributed by atoms with van der Waals surface area (Å²) in [5, 5.41) is 3.19. The van der Waals surface area contributed by atoms with Crippen LogP contribution in [0.1, 0.15) is 27.0 Å². The molecule has 2 aromatic rings. The molecule has 2 rings (SSSR count). The maximum absolute atomic E-state index is 12.0. The Kier molecular flexibility index (Phi) is 4.36. The molecule has 0 heterocycles. The maximum atomic E-state index is 12.0. The number of carbonyl (C=O) groups is 1. The number of benzene rings is 2. The summed E-state index contributed by atoms with van der Waals surface area (Å²) in [5.41, 5.74) is 5.24. The van der Waals surface area contributed by atoms with Crippen LogP contribution in [0.5, 0.6) is 0 Å². The number of allylic oxidation sites excluding steroid dienone is 1. The Balaban J connectivity index is 2.07. The Morgan fingerprint density at radius 1 is 0.950 bits per heavy atom. The van der Waals surface area contributed by atoms with E-state index in [1.165, 1.54) is 0 Å². The van der Waals surface area contributed by atoms with Crippen molar-refractivity contribution >= 4 is 11.5 Å². The zero-order valence-electron chi connectivity index (χ0n) is 12.1. The Labute approximate surface area is 120 Å². The minimum Gasteiger partial charge on any atom is -0.361 e. The third kappa shape index (κ3) is 3.35. The zero-order chi connectivity index (χ0) is 14.5. The van der Waals surface area contributed by atoms with Gasteiger partial charge in [-0.1, -0.05) is 48.0 Å². The van der Waals surface area contributed by atoms with Crippen molar-refractivity contribution in [3.8, 4) is 0 Å². The van der Waals surface area contributed by atoms with E-state index in [-0.39, 0.29) is 5.78 Å². The number of hydrogen-bond donors (Lipinski definition) is 1. The molecule has 2 aromatic carbocycles. The lowest BCUT2D eigenvalue weighted by Crippen LogP contribution is -1.98. The van der Waals surface area contributed by atoms with Crippen molar-refractivity contribution in [1.29, 1.82) is 0 Å². The largest absolute Gasteiger partial charge is 0.361 e. The van der Waals surface area contributed by atoms with Crippen molar-refractivity contribution in [2.75, 3.05) is 5.32 Å². The number of para-hydroxylation sites is 1. The molecule has 2 nitrogen and oxygen atoms in total. The van der Waals surface area contributed by atoms with Gasteiger partial charge in [0.25, 0.3) is 0 Å². The van der Waals surface area contributed by atoms with Gasteiger partial charge in [-0.25, -0.2) is 0 Å². The van der Waals surface area contributed by atoms with Gasteiger partial charge in [0.2, 0.25) is 0 Å². The lowest BCUT2D eigenvalue weighted by atomic mass is 10.1. The van der Waals surface area contributed by atoms with Gasteiger partial charge < -0.3 is 5.32 Å². The van der Waals surface area contributed by atoms with E-state index in [9.17, 15) is 4.79 Å². The van der Waals surface area contributed by atoms with Crippen LogP contribution in [0.2, 0.25) is 0 Å². The summed E-state index contributed by atoms with van der Waals surface area (Å²) in [7, 11) is 0. The average Bonchev–Trinajstić information content (AvgIpc) is 2.42. The molecule has 0 aliphatic carbocycles. The normalized spacial score (nSPS) is 10.8. The quantitative estimate of drug-likeness (QED) is 0.655. The van der Waals surface area contributed by atoms with E-state index in [0.29, 0.717) is 5.56 Å². The van der Waals surface area contributed by atoms with Gasteiger partial charge in [-0.3, -0.25) is 4.79 Å². The van der Waals surface area contributed by atoms with Gasteiger partial charge in [-0.2, -0.15) is 0 Å². The molecule has 0 spiro atoms. The highest BCUT2D eigenvalue weighted by atomic mass is 16.1. The van der Waals surface area contributed by atoms with Crippen molar-refractivity contribution in [2.45, 2.75) is 20.8 Å². The molecule has 0 radical (unpaired) electrons. The van der Waals surface area contributed by atoms with Gasteiger partial charge >= 0.3 is 0 Å². The van der Waals surface area contributed by atoms with Gasteiger partial charge in [0.1, 0.15) is 0 Å². The molecule has 1 N–H and O–H groups in total. The van der Waals surface area contributed by atoms with E-state index in [1.807, 2.05) is 63.2 Å². The zero-order valence-corrected chi connectivity index (χ0v) is 12.1. The lowest BCUT2D eigenvalue weighted by Gasteiger charge is -2.08. The SMILES string of the molecule is Cc1ccc(C(=O)/C=C/Nc2c(C)cccc2C)cc1. The van der Waals surface area contributed by atoms with Crippen molar-refractivity contribution in [3.05, 3.63) is 77.0 Å². The average molecular weight is 265 g/mol. The van der Waals surface area contributed by atoms with Crippen LogP contribution >= 0.6 is 0 Å². The van der Waals surface area contributed by atoms with Crippen LogP contribution in [-0.2, 0) is 0 Å². The molecule has 0 aliphatic heterocycles. The molecule has 0 fully saturated rings. The second-order valence-electron chi connectivity index (χ2n) is 4.97. The molecular formula is C18H19NO. The summed E-state index contributed by atoms with van der Waals surface area (Å²) in [6.07, 6.45) is 3.27. The summed E-state index contributed by atoms with van der Waals surface area (Å²) in [6, 6.07) is 13.7. The van der Waals surface area contributed by atoms with E-state index in [1.54, 1.807) is 12.3 Å². The lowest BCUT2D eigenvalue weighted by molar-refractivity contribution is 0.104. The van der Waals surface area contributed by atoms with E-state index in [0.717, 1.165) is 22.4 Å². The molecule has 0 unspecified atom stereocenters. The van der Waals surface area contributed by atoms with Crippen molar-refractivity contribution in [1.82, 2.24) is 0 Å². The fraction of sp³-hybridized carbons (Fsp3) is 0.167. The molecule has 102 valence electrons. The van der Waals surface area contributed by atoms with Crippen LogP contribution < -0.4 is 5.32 Å². The summed E-state index contributed by atoms with van der Waals surface area (Å²) in [5.74, 6) is 0.00346. The van der Waals surface area contributed by atoms with Gasteiger partial charge in [0, 0.05) is 23.5 Å². The Morgan fingerprint density at radius 2 is 1.55 bits per heavy atom. The van der Waals surface area contributed by atoms with Gasteiger partial charge in [-0.15, -0.1) is 0 Å². The summed E-state index contributed by atoms with van der Waals surface area (Å²) < 4.78 is 0. The second-order valence-corrected chi connectivity index (χ2v) is 4.97. The number of aryl methyl sites for hydroxylation is 3. The summed E-state index contributed by atoms with van der Waals surface area (Å²) >= 11 is 0. The van der Waals surface area contributed by atoms with Crippen molar-refractivity contribution in [3.63, 3.8) is 0 Å². The topological polar surface area (TPSA) is 29.1 Å². The fourth-order valence-electron chi connectivity index (χ4n) is 2.06. The molecule has 0 aromatic heterocycles. The first-order valence-electron chi connectivity index (χ1n) is 6.68. The van der Waals surface area contributed by atoms with E-state index in [2.05, 4.69) is 5.32 Å². The van der Waals surface area contributed by atoms with E-state index in [4.69, 9.17) is 0 Å². The predicted octanol–water partition coefficient (Wildman–Crippen LogP) is 4.42. The highest BCUT2D eigenvalue weighted by Gasteiger charge is 2.02. The fourth-order valence-corrected chi connectivity index (χ4v) is 2.06. The Morgan fingerprint density at radius 3 is 2.15 bits per heavy atom. The molecule has 0 saturated heterocycles. The van der Waals surface area contributed by atoms with Gasteiger partial charge in [0.05, 0.1) is 0 Å². The highest BCUT2D eigenvalue weighted by molar-refractivity contribution is 6.04. The smallest absolute Gasteiger partial charge is 0.187 e. The van der Waals surface area contributed by atoms with E-state index < -0.39 is 0 Å². The summed E-state index contributed by atoms with van der Waals surface area (Å²) in [4.78, 5) is 12.0. The molecule has 2 heteroatoms. The highest BCUT2D eigenvalue weighted by Crippen LogP contribution is 2.19. The van der Waals surface area contributed by atoms with E-state index >= 15 is 0 Å². The first kappa shape index (κ1) is 14.1. The van der Waals surface area contributed by atoms with Gasteiger partial charge in [0.15, 0.2) is 5.78 Å². The molecule has 0 amide bonds. The molecule has 0 bridgehead atoms. The molecule has 0 aliphatic rings. The number of ketones is 1. The molecule has 0 saturated carbocycles. The van der Waals surface area contributed by atoms with Crippen LogP contribution in [-0.4, -0.2) is 5.78 Å². The monoisotopic (exact) mass is 265 g/mol. The number of rotatable bonds is 4. The molecule has 0 atom stereocenters. The molecule has 20 heavy (non-hydrogen) atoms. The van der Waals surface area contributed by atoms with Crippen molar-refractivity contribution in [2.24, 2.45) is 0 Å². The van der Waals surface area contributed by atoms with Crippen LogP contribution in [0.4, 0.5) is 5.69 Å². The maximum Gasteiger partial charge on any atom is 0.187 e. The van der Waals surface area contributed by atoms with Crippen molar-refractivity contribution < 1.29 is 4.79 Å². The number of anilines is 1. The Bertz CT molecular complexity index is 619.